The van der Waals surface area contributed by atoms with Gasteiger partial charge in [0.25, 0.3) is 11.8 Å². The second kappa shape index (κ2) is 10.6. The predicted molar refractivity (Wildman–Crippen MR) is 149 cm³/mol. The van der Waals surface area contributed by atoms with Crippen LogP contribution < -0.4 is 19.7 Å². The molecule has 0 spiro atoms. The first-order valence-corrected chi connectivity index (χ1v) is 12.6. The summed E-state index contributed by atoms with van der Waals surface area (Å²) < 4.78 is 26.7. The third-order valence-electron chi connectivity index (χ3n) is 6.01. The van der Waals surface area contributed by atoms with Gasteiger partial charge in [0.2, 0.25) is 0 Å². The lowest BCUT2D eigenvalue weighted by Crippen LogP contribution is -2.54. The molecule has 4 aromatic rings. The van der Waals surface area contributed by atoms with E-state index >= 15 is 0 Å². The predicted octanol–water partition coefficient (Wildman–Crippen LogP) is 5.84. The minimum Gasteiger partial charge on any atom is -0.493 e. The molecule has 1 aliphatic rings. The molecule has 0 atom stereocenters. The van der Waals surface area contributed by atoms with Gasteiger partial charge in [-0.05, 0) is 74.8 Å². The number of urea groups is 1. The molecular weight excluding hydrogens is 602 g/mol. The lowest BCUT2D eigenvalue weighted by Gasteiger charge is -2.26. The van der Waals surface area contributed by atoms with Crippen molar-refractivity contribution in [3.05, 3.63) is 105 Å². The third kappa shape index (κ3) is 4.84. The summed E-state index contributed by atoms with van der Waals surface area (Å²) in [6, 6.07) is 21.7. The number of fused-ring (bicyclic) bond motifs is 1. The molecular formula is C29H20FIN2O5. The number of carbonyl (C=O) groups is 3. The van der Waals surface area contributed by atoms with Gasteiger partial charge in [0.15, 0.2) is 11.5 Å². The molecule has 0 radical (unpaired) electrons. The van der Waals surface area contributed by atoms with E-state index in [0.717, 1.165) is 22.4 Å². The Balaban J connectivity index is 1.45. The first-order chi connectivity index (χ1) is 18.4. The molecule has 1 saturated heterocycles. The first-order valence-electron chi connectivity index (χ1n) is 11.5. The van der Waals surface area contributed by atoms with Crippen molar-refractivity contribution in [2.75, 3.05) is 12.0 Å². The van der Waals surface area contributed by atoms with Crippen molar-refractivity contribution in [3.8, 4) is 11.5 Å². The molecule has 1 N–H and O–H groups in total. The summed E-state index contributed by atoms with van der Waals surface area (Å²) in [6.45, 7) is 0.300. The van der Waals surface area contributed by atoms with Crippen LogP contribution in [0.4, 0.5) is 14.9 Å². The zero-order valence-corrected chi connectivity index (χ0v) is 22.2. The summed E-state index contributed by atoms with van der Waals surface area (Å²) in [4.78, 5) is 38.7. The lowest BCUT2D eigenvalue weighted by molar-refractivity contribution is -0.122. The van der Waals surface area contributed by atoms with Crippen LogP contribution in [0.5, 0.6) is 11.5 Å². The standard InChI is InChI=1S/C29H20FIN2O5/c1-37-25-15-17(13-21-27(34)32-29(36)33(28(21)35)24-12-5-4-11-22(24)30)14-23(31)26(25)38-16-19-9-6-8-18-7-2-3-10-20(18)19/h2-15H,16H2,1H3,(H,32,34,36)/b21-13-. The van der Waals surface area contributed by atoms with Crippen LogP contribution in [0, 0.1) is 9.39 Å². The maximum absolute atomic E-state index is 14.3. The van der Waals surface area contributed by atoms with Crippen LogP contribution in [0.2, 0.25) is 0 Å². The highest BCUT2D eigenvalue weighted by Crippen LogP contribution is 2.36. The molecule has 4 aromatic carbocycles. The number of para-hydroxylation sites is 1. The van der Waals surface area contributed by atoms with Gasteiger partial charge in [-0.1, -0.05) is 54.6 Å². The van der Waals surface area contributed by atoms with E-state index < -0.39 is 23.7 Å². The van der Waals surface area contributed by atoms with Crippen LogP contribution in [0.25, 0.3) is 16.8 Å². The Morgan fingerprint density at radius 3 is 2.50 bits per heavy atom. The van der Waals surface area contributed by atoms with Gasteiger partial charge in [0, 0.05) is 0 Å². The fourth-order valence-electron chi connectivity index (χ4n) is 4.21. The van der Waals surface area contributed by atoms with Crippen LogP contribution in [-0.2, 0) is 16.2 Å². The van der Waals surface area contributed by atoms with E-state index in [9.17, 15) is 18.8 Å². The monoisotopic (exact) mass is 622 g/mol. The zero-order chi connectivity index (χ0) is 26.8. The average molecular weight is 622 g/mol. The minimum atomic E-state index is -1.02. The maximum atomic E-state index is 14.3. The van der Waals surface area contributed by atoms with Crippen molar-refractivity contribution in [2.45, 2.75) is 6.61 Å². The molecule has 38 heavy (non-hydrogen) atoms. The fourth-order valence-corrected chi connectivity index (χ4v) is 4.99. The number of anilines is 1. The van der Waals surface area contributed by atoms with Gasteiger partial charge >= 0.3 is 6.03 Å². The third-order valence-corrected chi connectivity index (χ3v) is 6.81. The van der Waals surface area contributed by atoms with Crippen molar-refractivity contribution >= 4 is 63.0 Å². The van der Waals surface area contributed by atoms with E-state index in [-0.39, 0.29) is 11.3 Å². The Hall–Kier alpha value is -4.25. The molecule has 1 aliphatic heterocycles. The topological polar surface area (TPSA) is 84.9 Å². The Morgan fingerprint density at radius 1 is 0.974 bits per heavy atom. The second-order valence-electron chi connectivity index (χ2n) is 8.37. The number of carbonyl (C=O) groups excluding carboxylic acids is 3. The molecule has 0 bridgehead atoms. The van der Waals surface area contributed by atoms with Gasteiger partial charge in [-0.15, -0.1) is 0 Å². The number of hydrogen-bond acceptors (Lipinski definition) is 5. The molecule has 7 nitrogen and oxygen atoms in total. The van der Waals surface area contributed by atoms with E-state index in [1.807, 2.05) is 42.5 Å². The van der Waals surface area contributed by atoms with Crippen molar-refractivity contribution in [1.82, 2.24) is 5.32 Å². The number of benzene rings is 4. The number of hydrogen-bond donors (Lipinski definition) is 1. The van der Waals surface area contributed by atoms with Gasteiger partial charge in [0.1, 0.15) is 18.0 Å². The highest BCUT2D eigenvalue weighted by molar-refractivity contribution is 14.1. The highest BCUT2D eigenvalue weighted by Gasteiger charge is 2.38. The van der Waals surface area contributed by atoms with E-state index in [1.165, 1.54) is 31.4 Å². The smallest absolute Gasteiger partial charge is 0.336 e. The van der Waals surface area contributed by atoms with Gasteiger partial charge < -0.3 is 9.47 Å². The summed E-state index contributed by atoms with van der Waals surface area (Å²) in [7, 11) is 1.49. The van der Waals surface area contributed by atoms with Gasteiger partial charge in [0.05, 0.1) is 16.4 Å². The summed E-state index contributed by atoms with van der Waals surface area (Å²) in [5.41, 5.74) is 0.896. The Bertz CT molecular complexity index is 1630. The van der Waals surface area contributed by atoms with Gasteiger partial charge in [-0.2, -0.15) is 0 Å². The van der Waals surface area contributed by atoms with Crippen molar-refractivity contribution < 1.29 is 28.2 Å². The summed E-state index contributed by atoms with van der Waals surface area (Å²) >= 11 is 2.09. The fraction of sp³-hybridized carbons (Fsp3) is 0.0690. The summed E-state index contributed by atoms with van der Waals surface area (Å²) in [5, 5.41) is 4.29. The summed E-state index contributed by atoms with van der Waals surface area (Å²) in [5.74, 6) is -1.68. The number of halogens is 2. The number of ether oxygens (including phenoxy) is 2. The number of barbiturate groups is 1. The summed E-state index contributed by atoms with van der Waals surface area (Å²) in [6.07, 6.45) is 1.33. The molecule has 0 aromatic heterocycles. The Kier molecular flexibility index (Phi) is 7.10. The van der Waals surface area contributed by atoms with Crippen LogP contribution in [0.15, 0.2) is 84.4 Å². The molecule has 190 valence electrons. The number of methoxy groups -OCH3 is 1. The van der Waals surface area contributed by atoms with Crippen LogP contribution in [-0.4, -0.2) is 25.0 Å². The van der Waals surface area contributed by atoms with E-state index in [1.54, 1.807) is 12.1 Å². The van der Waals surface area contributed by atoms with E-state index in [0.29, 0.717) is 32.1 Å². The number of nitrogens with zero attached hydrogens (tertiary/aromatic N) is 1. The van der Waals surface area contributed by atoms with Crippen LogP contribution in [0.1, 0.15) is 11.1 Å². The van der Waals surface area contributed by atoms with Crippen LogP contribution >= 0.6 is 22.6 Å². The van der Waals surface area contributed by atoms with Crippen molar-refractivity contribution in [3.63, 3.8) is 0 Å². The Labute approximate surface area is 231 Å². The van der Waals surface area contributed by atoms with E-state index in [2.05, 4.69) is 27.9 Å². The second-order valence-corrected chi connectivity index (χ2v) is 9.53. The Morgan fingerprint density at radius 2 is 1.71 bits per heavy atom. The van der Waals surface area contributed by atoms with Gasteiger partial charge in [-0.3, -0.25) is 14.9 Å². The van der Waals surface area contributed by atoms with E-state index in [4.69, 9.17) is 9.47 Å². The maximum Gasteiger partial charge on any atom is 0.336 e. The molecule has 0 unspecified atom stereocenters. The molecule has 1 fully saturated rings. The lowest BCUT2D eigenvalue weighted by atomic mass is 10.1. The first kappa shape index (κ1) is 25.4. The normalized spacial score (nSPS) is 14.7. The van der Waals surface area contributed by atoms with Crippen molar-refractivity contribution in [1.29, 1.82) is 0 Å². The quantitative estimate of drug-likeness (QED) is 0.166. The largest absolute Gasteiger partial charge is 0.493 e. The molecule has 5 rings (SSSR count). The van der Waals surface area contributed by atoms with Crippen LogP contribution in [0.3, 0.4) is 0 Å². The number of amides is 4. The molecule has 1 heterocycles. The molecule has 9 heteroatoms. The average Bonchev–Trinajstić information content (AvgIpc) is 2.91. The van der Waals surface area contributed by atoms with Gasteiger partial charge in [-0.25, -0.2) is 14.1 Å². The molecule has 0 saturated carbocycles. The highest BCUT2D eigenvalue weighted by atomic mass is 127. The molecule has 4 amide bonds. The number of nitrogens with one attached hydrogen (secondary N) is 1. The van der Waals surface area contributed by atoms with Crippen molar-refractivity contribution in [2.24, 2.45) is 0 Å². The number of rotatable bonds is 6. The minimum absolute atomic E-state index is 0.252. The molecule has 0 aliphatic carbocycles. The number of imide groups is 2. The zero-order valence-electron chi connectivity index (χ0n) is 20.0. The SMILES string of the molecule is COc1cc(/C=C2/C(=O)NC(=O)N(c3ccccc3F)C2=O)cc(I)c1OCc1cccc2ccccc12.